The van der Waals surface area contributed by atoms with Crippen molar-refractivity contribution in [3.8, 4) is 33.8 Å². The van der Waals surface area contributed by atoms with E-state index in [-0.39, 0.29) is 20.1 Å². The fraction of sp³-hybridized carbons (Fsp3) is 0. The summed E-state index contributed by atoms with van der Waals surface area (Å²) in [4.78, 5) is 13.1. The van der Waals surface area contributed by atoms with Crippen LogP contribution in [-0.2, 0) is 20.1 Å². The van der Waals surface area contributed by atoms with E-state index in [1.807, 2.05) is 48.7 Å². The zero-order chi connectivity index (χ0) is 24.7. The Morgan fingerprint density at radius 1 is 0.474 bits per heavy atom. The van der Waals surface area contributed by atoms with E-state index in [1.54, 1.807) is 12.4 Å². The fourth-order valence-corrected chi connectivity index (χ4v) is 11.3. The summed E-state index contributed by atoms with van der Waals surface area (Å²) in [6.45, 7) is 0. The van der Waals surface area contributed by atoms with Crippen LogP contribution in [0.25, 0.3) is 33.8 Å². The van der Waals surface area contributed by atoms with E-state index >= 15 is 0 Å². The molecule has 5 heteroatoms. The molecule has 1 radical (unpaired) electrons. The summed E-state index contributed by atoms with van der Waals surface area (Å²) in [5, 5.41) is 5.82. The summed E-state index contributed by atoms with van der Waals surface area (Å²) >= 11 is 0. The van der Waals surface area contributed by atoms with Crippen LogP contribution in [-0.4, -0.2) is 23.0 Å². The molecule has 2 aliphatic heterocycles. The molecular weight excluding hydrogens is 659 g/mol. The van der Waals surface area contributed by atoms with Crippen molar-refractivity contribution in [2.24, 2.45) is 0 Å². The number of hydrogen-bond donors (Lipinski definition) is 0. The maximum Gasteiger partial charge on any atom is 0.128 e. The molecule has 0 amide bonds. The van der Waals surface area contributed by atoms with Gasteiger partial charge in [0.2, 0.25) is 0 Å². The Morgan fingerprint density at radius 3 is 1.61 bits per heavy atom. The molecule has 0 atom stereocenters. The zero-order valence-electron chi connectivity index (χ0n) is 20.4. The molecule has 0 aliphatic carbocycles. The molecule has 2 aliphatic rings. The Kier molecular flexibility index (Phi) is 6.42. The van der Waals surface area contributed by atoms with Gasteiger partial charge in [0.05, 0.1) is 11.4 Å². The summed E-state index contributed by atoms with van der Waals surface area (Å²) < 4.78 is 0. The van der Waals surface area contributed by atoms with Gasteiger partial charge in [0.15, 0.2) is 0 Å². The van der Waals surface area contributed by atoms with Crippen LogP contribution in [0.3, 0.4) is 0 Å². The van der Waals surface area contributed by atoms with Crippen LogP contribution in [0.4, 0.5) is 0 Å². The maximum absolute atomic E-state index is 4.77. The first-order chi connectivity index (χ1) is 18.4. The topological polar surface area (TPSA) is 38.7 Å². The van der Waals surface area contributed by atoms with Crippen molar-refractivity contribution in [3.05, 3.63) is 140 Å². The van der Waals surface area contributed by atoms with Crippen LogP contribution < -0.4 is 20.7 Å². The molecule has 0 fully saturated rings. The van der Waals surface area contributed by atoms with Crippen LogP contribution in [0.5, 0.6) is 0 Å². The summed E-state index contributed by atoms with van der Waals surface area (Å²) in [5.41, 5.74) is 6.91. The van der Waals surface area contributed by atoms with Gasteiger partial charge in [-0.3, -0.25) is 9.97 Å². The smallest absolute Gasteiger partial charge is 0.128 e. The number of nitrogens with zero attached hydrogens (tertiary/aromatic N) is 3. The number of benzene rings is 3. The molecular formula is C33H22IrN3Si-. The normalized spacial score (nSPS) is 12.7. The molecule has 8 rings (SSSR count). The molecule has 38 heavy (non-hydrogen) atoms. The summed E-state index contributed by atoms with van der Waals surface area (Å²) in [6, 6.07) is 43.8. The molecule has 5 heterocycles. The third-order valence-corrected chi connectivity index (χ3v) is 12.2. The van der Waals surface area contributed by atoms with E-state index in [0.717, 1.165) is 17.1 Å². The predicted octanol–water partition coefficient (Wildman–Crippen LogP) is 4.36. The molecule has 0 saturated heterocycles. The van der Waals surface area contributed by atoms with Gasteiger partial charge in [-0.15, -0.1) is 35.0 Å². The minimum atomic E-state index is -2.25. The van der Waals surface area contributed by atoms with E-state index in [9.17, 15) is 0 Å². The van der Waals surface area contributed by atoms with Gasteiger partial charge in [-0.25, -0.2) is 0 Å². The molecule has 0 saturated carbocycles. The van der Waals surface area contributed by atoms with E-state index in [1.165, 1.54) is 37.4 Å². The number of fused-ring (bicyclic) bond motifs is 10. The van der Waals surface area contributed by atoms with Crippen LogP contribution in [0.2, 0.25) is 0 Å². The monoisotopic (exact) mass is 681 g/mol. The van der Waals surface area contributed by atoms with Crippen LogP contribution in [0.15, 0.2) is 134 Å². The molecule has 3 aromatic heterocycles. The first-order valence-electron chi connectivity index (χ1n) is 12.4. The predicted molar refractivity (Wildman–Crippen MR) is 152 cm³/mol. The van der Waals surface area contributed by atoms with Crippen molar-refractivity contribution >= 4 is 28.8 Å². The second-order valence-electron chi connectivity index (χ2n) is 9.13. The average molecular weight is 681 g/mol. The quantitative estimate of drug-likeness (QED) is 0.191. The van der Waals surface area contributed by atoms with Crippen LogP contribution in [0.1, 0.15) is 0 Å². The molecule has 183 valence electrons. The van der Waals surface area contributed by atoms with Crippen molar-refractivity contribution < 1.29 is 20.1 Å². The van der Waals surface area contributed by atoms with Gasteiger partial charge >= 0.3 is 0 Å². The van der Waals surface area contributed by atoms with Crippen molar-refractivity contribution in [2.45, 2.75) is 0 Å². The van der Waals surface area contributed by atoms with Gasteiger partial charge < -0.3 is 4.98 Å². The largest absolute Gasteiger partial charge is 0.305 e. The molecule has 0 bridgehead atoms. The Labute approximate surface area is 236 Å². The fourth-order valence-electron chi connectivity index (χ4n) is 5.84. The number of pyridine rings is 3. The van der Waals surface area contributed by atoms with Gasteiger partial charge in [0.1, 0.15) is 8.07 Å². The molecule has 0 N–H and O–H groups in total. The van der Waals surface area contributed by atoms with Gasteiger partial charge in [0, 0.05) is 38.7 Å². The van der Waals surface area contributed by atoms with Crippen LogP contribution in [0, 0.1) is 6.07 Å². The Bertz CT molecular complexity index is 1510. The van der Waals surface area contributed by atoms with E-state index in [4.69, 9.17) is 4.98 Å². The molecule has 1 spiro atoms. The summed E-state index contributed by atoms with van der Waals surface area (Å²) in [5.74, 6) is 0. The van der Waals surface area contributed by atoms with Gasteiger partial charge in [-0.2, -0.15) is 0 Å². The number of hydrogen-bond acceptors (Lipinski definition) is 3. The minimum Gasteiger partial charge on any atom is -0.305 e. The average Bonchev–Trinajstić information content (AvgIpc) is 3.46. The second-order valence-corrected chi connectivity index (χ2v) is 12.8. The van der Waals surface area contributed by atoms with Crippen LogP contribution >= 0.6 is 0 Å². The van der Waals surface area contributed by atoms with E-state index in [2.05, 4.69) is 88.8 Å². The number of aromatic nitrogens is 3. The molecule has 3 nitrogen and oxygen atoms in total. The SMILES string of the molecule is [Ir].[c-]1cccc2c1-c1ncccc1[Si]21c2ccccc2-c2ccccc21.c1ccc(-c2ccccn2)nc1. The first kappa shape index (κ1) is 24.3. The van der Waals surface area contributed by atoms with E-state index < -0.39 is 8.07 Å². The third-order valence-electron chi connectivity index (χ3n) is 7.25. The third kappa shape index (κ3) is 3.63. The van der Waals surface area contributed by atoms with Crippen molar-refractivity contribution in [3.63, 3.8) is 0 Å². The van der Waals surface area contributed by atoms with Crippen molar-refractivity contribution in [2.75, 3.05) is 0 Å². The minimum absolute atomic E-state index is 0. The Morgan fingerprint density at radius 2 is 1.00 bits per heavy atom. The summed E-state index contributed by atoms with van der Waals surface area (Å²) in [6.07, 6.45) is 5.44. The molecule has 0 unspecified atom stereocenters. The Hall–Kier alpha value is -4.02. The number of rotatable bonds is 1. The standard InChI is InChI=1S/C23H14NSi.C10H8N2.Ir/c1-4-11-19-16(8-1)17-9-2-5-12-20(17)25(19)21-13-6-3-10-18(21)23-22(25)14-7-15-24-23;1-3-7-11-9(5-1)10-6-2-4-8-12-10;/h1-9,11-15H;1-8H;/q-1;;. The zero-order valence-corrected chi connectivity index (χ0v) is 23.8. The van der Waals surface area contributed by atoms with Crippen molar-refractivity contribution in [1.82, 2.24) is 15.0 Å². The van der Waals surface area contributed by atoms with E-state index in [0.29, 0.717) is 0 Å². The van der Waals surface area contributed by atoms with Gasteiger partial charge in [0.25, 0.3) is 0 Å². The first-order valence-corrected chi connectivity index (χ1v) is 14.4. The molecule has 6 aromatic rings. The summed E-state index contributed by atoms with van der Waals surface area (Å²) in [7, 11) is -2.25. The Balaban J connectivity index is 0.000000172. The van der Waals surface area contributed by atoms with Gasteiger partial charge in [-0.05, 0) is 57.5 Å². The van der Waals surface area contributed by atoms with Crippen molar-refractivity contribution in [1.29, 1.82) is 0 Å². The molecule has 3 aromatic carbocycles. The maximum atomic E-state index is 4.77. The second kappa shape index (κ2) is 10.0. The van der Waals surface area contributed by atoms with Gasteiger partial charge in [-0.1, -0.05) is 71.9 Å².